The van der Waals surface area contributed by atoms with E-state index in [1.54, 1.807) is 0 Å². The molecule has 16 nitrogen and oxygen atoms in total. The smallest absolute Gasteiger partial charge is 0.463 e. The summed E-state index contributed by atoms with van der Waals surface area (Å²) in [5, 5.41) is 20.7. The van der Waals surface area contributed by atoms with E-state index in [2.05, 4.69) is 154 Å². The molecule has 616 valence electrons. The van der Waals surface area contributed by atoms with Crippen LogP contribution in [0.5, 0.6) is 0 Å². The van der Waals surface area contributed by atoms with Gasteiger partial charge in [0.05, 0.1) is 26.4 Å². The van der Waals surface area contributed by atoms with Gasteiger partial charge in [-0.3, -0.25) is 32.5 Å². The highest BCUT2D eigenvalue weighted by Gasteiger charge is 2.29. The lowest BCUT2D eigenvalue weighted by atomic mass is 10.0. The number of carbonyl (C=O) groups is 3. The second kappa shape index (κ2) is 81.2. The van der Waals surface area contributed by atoms with Crippen molar-refractivity contribution in [2.45, 2.75) is 373 Å². The van der Waals surface area contributed by atoms with E-state index in [0.29, 0.717) is 19.3 Å². The SMILES string of the molecule is CC/C=C\C/C=C\C/C=C\C/C=C\C/C=C\CCCCCCCCCC(=O)OCC(COP(=O)(O)OCC(O)COP(=O)(O)OCC(O)COC(=O)CCCCCCCCCCCCCCCCCCC/C=C\C/C=C\C/C=C\C/C=C\CCCCC)OC(=O)CCCCCCC/C=C\C/C=C\CCCCC. The van der Waals surface area contributed by atoms with Crippen molar-refractivity contribution in [1.29, 1.82) is 0 Å². The molecule has 4 N–H and O–H groups in total. The number of hydrogen-bond acceptors (Lipinski definition) is 14. The van der Waals surface area contributed by atoms with E-state index in [1.165, 1.54) is 135 Å². The van der Waals surface area contributed by atoms with Crippen LogP contribution in [0, 0.1) is 0 Å². The molecule has 0 bridgehead atoms. The van der Waals surface area contributed by atoms with E-state index < -0.39 is 91.5 Å². The molecule has 0 aromatic rings. The molecule has 0 aliphatic heterocycles. The molecule has 5 unspecified atom stereocenters. The zero-order chi connectivity index (χ0) is 78.0. The van der Waals surface area contributed by atoms with E-state index >= 15 is 0 Å². The second-order valence-corrected chi connectivity index (χ2v) is 31.2. The largest absolute Gasteiger partial charge is 0.472 e. The number of allylic oxidation sites excluding steroid dienone is 22. The number of rotatable bonds is 80. The zero-order valence-corrected chi connectivity index (χ0v) is 69.3. The molecule has 0 saturated carbocycles. The Bertz CT molecular complexity index is 2480. The predicted molar refractivity (Wildman–Crippen MR) is 445 cm³/mol. The van der Waals surface area contributed by atoms with Crippen LogP contribution in [-0.2, 0) is 55.8 Å². The summed E-state index contributed by atoms with van der Waals surface area (Å²) in [4.78, 5) is 58.7. The maximum Gasteiger partial charge on any atom is 0.472 e. The maximum absolute atomic E-state index is 13.0. The van der Waals surface area contributed by atoms with Crippen LogP contribution < -0.4 is 0 Å². The molecule has 0 aromatic heterocycles. The third-order valence-corrected chi connectivity index (χ3v) is 19.7. The van der Waals surface area contributed by atoms with Gasteiger partial charge in [0.1, 0.15) is 25.4 Å². The van der Waals surface area contributed by atoms with Gasteiger partial charge in [-0.1, -0.05) is 328 Å². The number of hydrogen-bond donors (Lipinski definition) is 4. The van der Waals surface area contributed by atoms with Gasteiger partial charge in [-0.2, -0.15) is 0 Å². The van der Waals surface area contributed by atoms with E-state index in [9.17, 15) is 43.5 Å². The monoisotopic (exact) mass is 1540 g/mol. The minimum Gasteiger partial charge on any atom is -0.463 e. The summed E-state index contributed by atoms with van der Waals surface area (Å²) < 4.78 is 61.2. The summed E-state index contributed by atoms with van der Waals surface area (Å²) in [5.41, 5.74) is 0. The number of phosphoric acid groups is 2. The van der Waals surface area contributed by atoms with Crippen LogP contribution in [0.15, 0.2) is 134 Å². The van der Waals surface area contributed by atoms with Gasteiger partial charge in [0, 0.05) is 19.3 Å². The van der Waals surface area contributed by atoms with Gasteiger partial charge < -0.3 is 34.2 Å². The first kappa shape index (κ1) is 103. The number of carbonyl (C=O) groups excluding carboxylic acids is 3. The van der Waals surface area contributed by atoms with Crippen LogP contribution in [0.4, 0.5) is 0 Å². The van der Waals surface area contributed by atoms with Gasteiger partial charge in [0.15, 0.2) is 6.10 Å². The molecule has 18 heteroatoms. The van der Waals surface area contributed by atoms with Crippen LogP contribution >= 0.6 is 15.6 Å². The van der Waals surface area contributed by atoms with Gasteiger partial charge in [-0.25, -0.2) is 9.13 Å². The fraction of sp³-hybridized carbons (Fsp3) is 0.719. The molecular formula is C89H154O16P2. The highest BCUT2D eigenvalue weighted by molar-refractivity contribution is 7.47. The van der Waals surface area contributed by atoms with Crippen LogP contribution in [0.1, 0.15) is 355 Å². The van der Waals surface area contributed by atoms with Crippen molar-refractivity contribution in [1.82, 2.24) is 0 Å². The Labute approximate surface area is 652 Å². The molecular weight excluding hydrogens is 1390 g/mol. The Hall–Kier alpha value is -4.31. The Kier molecular flexibility index (Phi) is 77.9. The molecule has 0 aromatic carbocycles. The number of aliphatic hydroxyl groups excluding tert-OH is 2. The van der Waals surface area contributed by atoms with Crippen molar-refractivity contribution < 1.29 is 75.8 Å². The van der Waals surface area contributed by atoms with Crippen molar-refractivity contribution >= 4 is 33.6 Å². The second-order valence-electron chi connectivity index (χ2n) is 28.2. The van der Waals surface area contributed by atoms with Crippen molar-refractivity contribution in [3.05, 3.63) is 134 Å². The van der Waals surface area contributed by atoms with Crippen LogP contribution in [0.2, 0.25) is 0 Å². The summed E-state index contributed by atoms with van der Waals surface area (Å²) in [6.07, 6.45) is 99.4. The normalized spacial score (nSPS) is 14.6. The molecule has 0 radical (unpaired) electrons. The van der Waals surface area contributed by atoms with Gasteiger partial charge >= 0.3 is 33.6 Å². The van der Waals surface area contributed by atoms with E-state index in [-0.39, 0.29) is 19.3 Å². The molecule has 0 spiro atoms. The zero-order valence-electron chi connectivity index (χ0n) is 67.5. The lowest BCUT2D eigenvalue weighted by molar-refractivity contribution is -0.161. The number of esters is 3. The molecule has 0 heterocycles. The Morgan fingerprint density at radius 3 is 0.785 bits per heavy atom. The molecule has 5 atom stereocenters. The highest BCUT2D eigenvalue weighted by Crippen LogP contribution is 2.45. The number of unbranched alkanes of at least 4 members (excludes halogenated alkanes) is 35. The van der Waals surface area contributed by atoms with E-state index in [0.717, 1.165) is 161 Å². The molecule has 0 aliphatic rings. The summed E-state index contributed by atoms with van der Waals surface area (Å²) >= 11 is 0. The van der Waals surface area contributed by atoms with Crippen LogP contribution in [0.3, 0.4) is 0 Å². The summed E-state index contributed by atoms with van der Waals surface area (Å²) in [6, 6.07) is 0. The molecule has 0 amide bonds. The minimum absolute atomic E-state index is 0.0837. The van der Waals surface area contributed by atoms with Gasteiger partial charge in [0.2, 0.25) is 0 Å². The lowest BCUT2D eigenvalue weighted by Crippen LogP contribution is -2.30. The lowest BCUT2D eigenvalue weighted by Gasteiger charge is -2.21. The third-order valence-electron chi connectivity index (χ3n) is 17.8. The molecule has 0 fully saturated rings. The van der Waals surface area contributed by atoms with Crippen molar-refractivity contribution in [2.24, 2.45) is 0 Å². The topological polar surface area (TPSA) is 231 Å². The maximum atomic E-state index is 13.0. The first-order chi connectivity index (χ1) is 52.2. The van der Waals surface area contributed by atoms with E-state index in [4.69, 9.17) is 32.3 Å². The first-order valence-electron chi connectivity index (χ1n) is 42.5. The first-order valence-corrected chi connectivity index (χ1v) is 45.5. The van der Waals surface area contributed by atoms with Crippen molar-refractivity contribution in [3.63, 3.8) is 0 Å². The number of phosphoric ester groups is 2. The summed E-state index contributed by atoms with van der Waals surface area (Å²) in [5.74, 6) is -1.60. The van der Waals surface area contributed by atoms with Crippen LogP contribution in [-0.4, -0.2) is 95.9 Å². The number of aliphatic hydroxyl groups is 2. The molecule has 0 rings (SSSR count). The van der Waals surface area contributed by atoms with Gasteiger partial charge in [0.25, 0.3) is 0 Å². The van der Waals surface area contributed by atoms with Crippen molar-refractivity contribution in [2.75, 3.05) is 39.6 Å². The molecule has 0 saturated heterocycles. The summed E-state index contributed by atoms with van der Waals surface area (Å²) in [6.45, 7) is 2.51. The average Bonchev–Trinajstić information content (AvgIpc) is 0.912. The Morgan fingerprint density at radius 1 is 0.271 bits per heavy atom. The average molecular weight is 1540 g/mol. The van der Waals surface area contributed by atoms with Gasteiger partial charge in [-0.05, 0) is 141 Å². The molecule has 0 aliphatic carbocycles. The Morgan fingerprint density at radius 2 is 0.495 bits per heavy atom. The minimum atomic E-state index is -4.94. The fourth-order valence-corrected chi connectivity index (χ4v) is 13.0. The Balaban J connectivity index is 4.47. The quantitative estimate of drug-likeness (QED) is 0.0146. The van der Waals surface area contributed by atoms with E-state index in [1.807, 2.05) is 0 Å². The van der Waals surface area contributed by atoms with Gasteiger partial charge in [-0.15, -0.1) is 0 Å². The predicted octanol–water partition coefficient (Wildman–Crippen LogP) is 25.4. The standard InChI is InChI=1S/C89H154O16P2/c1-4-7-10-13-16-19-22-25-28-30-32-34-36-37-38-39-40-41-42-43-44-45-47-49-50-52-55-57-60-63-66-69-72-75-87(92)99-78-84(90)79-101-106(95,96)102-80-85(91)81-103-107(97,98)104-83-86(105-89(94)77-74-71-68-65-62-59-54-27-24-21-18-15-12-9-6-3)82-100-88(93)76-73-70-67-64-61-58-56-53-51-48-46-35-33-31-29-26-23-20-17-14-11-8-5-2/h8,11,16-21,25-29,32-35,37-38,48,51,54,84-86,90-91H,4-7,9-10,12-15,22-24,30-31,36,39-47,49-50,52-53,55-83H2,1-3H3,(H,95,96)(H,97,98)/b11-8-,19-16-,20-17-,21-18-,28-25-,29-26-,34-32-,35-33-,38-37-,51-48-,54-27-. The summed E-state index contributed by atoms with van der Waals surface area (Å²) in [7, 11) is -9.80. The highest BCUT2D eigenvalue weighted by atomic mass is 31.2. The van der Waals surface area contributed by atoms with Crippen LogP contribution in [0.25, 0.3) is 0 Å². The third kappa shape index (κ3) is 82.5. The number of ether oxygens (including phenoxy) is 3. The van der Waals surface area contributed by atoms with Crippen molar-refractivity contribution in [3.8, 4) is 0 Å². The molecule has 107 heavy (non-hydrogen) atoms. The fourth-order valence-electron chi connectivity index (χ4n) is 11.4.